The summed E-state index contributed by atoms with van der Waals surface area (Å²) in [7, 11) is 1.89. The zero-order valence-corrected chi connectivity index (χ0v) is 6.31. The van der Waals surface area contributed by atoms with Gasteiger partial charge in [-0.15, -0.1) is 0 Å². The molecule has 2 heteroatoms. The first-order chi connectivity index (χ1) is 4.31. The first-order valence-corrected chi connectivity index (χ1v) is 3.15. The number of hydrogen-bond acceptors (Lipinski definition) is 2. The zero-order chi connectivity index (χ0) is 7.11. The van der Waals surface area contributed by atoms with Gasteiger partial charge in [0, 0.05) is 25.5 Å². The maximum absolute atomic E-state index is 4.02. The summed E-state index contributed by atoms with van der Waals surface area (Å²) in [5.41, 5.74) is 1.13. The molecule has 0 aliphatic carbocycles. The fourth-order valence-electron chi connectivity index (χ4n) is 0.353. The number of nitrogens with zero attached hydrogens (tertiary/aromatic N) is 1. The Kier molecular flexibility index (Phi) is 4.88. The van der Waals surface area contributed by atoms with E-state index >= 15 is 0 Å². The van der Waals surface area contributed by atoms with Crippen LogP contribution in [0.1, 0.15) is 13.8 Å². The van der Waals surface area contributed by atoms with Gasteiger partial charge in [0.1, 0.15) is 0 Å². The molecule has 0 aliphatic rings. The Balaban J connectivity index is 3.55. The molecule has 0 spiro atoms. The largest absolute Gasteiger partial charge is 0.392 e. The summed E-state index contributed by atoms with van der Waals surface area (Å²) in [6.45, 7) is 4.87. The van der Waals surface area contributed by atoms with Crippen molar-refractivity contribution in [1.82, 2.24) is 5.32 Å². The van der Waals surface area contributed by atoms with Gasteiger partial charge in [-0.05, 0) is 19.9 Å². The molecule has 0 aromatic carbocycles. The van der Waals surface area contributed by atoms with E-state index in [1.165, 1.54) is 0 Å². The topological polar surface area (TPSA) is 24.4 Å². The van der Waals surface area contributed by atoms with Crippen LogP contribution >= 0.6 is 0 Å². The molecule has 0 unspecified atom stereocenters. The van der Waals surface area contributed by atoms with Crippen LogP contribution in [0.3, 0.4) is 0 Å². The molecule has 0 atom stereocenters. The molecule has 0 amide bonds. The first kappa shape index (κ1) is 8.21. The number of nitrogens with one attached hydrogen (secondary N) is 1. The van der Waals surface area contributed by atoms with Crippen molar-refractivity contribution in [3.63, 3.8) is 0 Å². The summed E-state index contributed by atoms with van der Waals surface area (Å²) in [5, 5.41) is 2.99. The number of allylic oxidation sites excluding steroid dienone is 2. The maximum atomic E-state index is 4.02. The summed E-state index contributed by atoms with van der Waals surface area (Å²) in [6.07, 6.45) is 3.76. The Morgan fingerprint density at radius 3 is 2.78 bits per heavy atom. The van der Waals surface area contributed by atoms with Crippen molar-refractivity contribution >= 4 is 6.21 Å². The van der Waals surface area contributed by atoms with Gasteiger partial charge in [-0.25, -0.2) is 0 Å². The fraction of sp³-hybridized carbons (Fsp3) is 0.571. The molecule has 0 radical (unpaired) electrons. The highest BCUT2D eigenvalue weighted by atomic mass is 14.8. The van der Waals surface area contributed by atoms with Crippen molar-refractivity contribution in [3.8, 4) is 0 Å². The van der Waals surface area contributed by atoms with E-state index in [0.29, 0.717) is 0 Å². The quantitative estimate of drug-likeness (QED) is 0.564. The highest BCUT2D eigenvalue weighted by Crippen LogP contribution is 1.79. The average molecular weight is 126 g/mol. The molecule has 0 heterocycles. The van der Waals surface area contributed by atoms with Gasteiger partial charge in [0.05, 0.1) is 0 Å². The molecule has 0 aliphatic heterocycles. The van der Waals surface area contributed by atoms with E-state index in [9.17, 15) is 0 Å². The van der Waals surface area contributed by atoms with Crippen molar-refractivity contribution in [2.45, 2.75) is 13.8 Å². The van der Waals surface area contributed by atoms with E-state index in [4.69, 9.17) is 0 Å². The lowest BCUT2D eigenvalue weighted by Gasteiger charge is -1.92. The number of rotatable bonds is 3. The molecular weight excluding hydrogens is 112 g/mol. The van der Waals surface area contributed by atoms with Crippen molar-refractivity contribution in [1.29, 1.82) is 0 Å². The third kappa shape index (κ3) is 5.07. The van der Waals surface area contributed by atoms with Crippen molar-refractivity contribution < 1.29 is 0 Å². The van der Waals surface area contributed by atoms with Gasteiger partial charge in [-0.3, -0.25) is 4.99 Å². The van der Waals surface area contributed by atoms with Crippen LogP contribution in [0.25, 0.3) is 0 Å². The fourth-order valence-corrected chi connectivity index (χ4v) is 0.353. The molecule has 9 heavy (non-hydrogen) atoms. The van der Waals surface area contributed by atoms with Crippen LogP contribution in [0.2, 0.25) is 0 Å². The Hall–Kier alpha value is -0.790. The van der Waals surface area contributed by atoms with Crippen LogP contribution < -0.4 is 5.32 Å². The smallest absolute Gasteiger partial charge is 0.0360 e. The van der Waals surface area contributed by atoms with E-state index in [1.54, 1.807) is 0 Å². The monoisotopic (exact) mass is 126 g/mol. The predicted molar refractivity (Wildman–Crippen MR) is 41.8 cm³/mol. The van der Waals surface area contributed by atoms with Crippen LogP contribution in [0.4, 0.5) is 0 Å². The second-order valence-corrected chi connectivity index (χ2v) is 1.75. The summed E-state index contributed by atoms with van der Waals surface area (Å²) < 4.78 is 0. The van der Waals surface area contributed by atoms with Gasteiger partial charge in [-0.1, -0.05) is 0 Å². The van der Waals surface area contributed by atoms with Crippen LogP contribution in [0, 0.1) is 0 Å². The minimum atomic E-state index is 0.855. The van der Waals surface area contributed by atoms with Crippen LogP contribution in [-0.4, -0.2) is 19.8 Å². The predicted octanol–water partition coefficient (Wildman–Crippen LogP) is 1.20. The molecular formula is C7H14N2. The first-order valence-electron chi connectivity index (χ1n) is 3.15. The lowest BCUT2D eigenvalue weighted by Crippen LogP contribution is -2.01. The molecule has 0 saturated heterocycles. The lowest BCUT2D eigenvalue weighted by molar-refractivity contribution is 0.993. The van der Waals surface area contributed by atoms with Gasteiger partial charge >= 0.3 is 0 Å². The van der Waals surface area contributed by atoms with E-state index < -0.39 is 0 Å². The summed E-state index contributed by atoms with van der Waals surface area (Å²) in [5.74, 6) is 0. The molecule has 0 saturated carbocycles. The van der Waals surface area contributed by atoms with Crippen LogP contribution in [-0.2, 0) is 0 Å². The van der Waals surface area contributed by atoms with E-state index in [-0.39, 0.29) is 0 Å². The lowest BCUT2D eigenvalue weighted by atomic mass is 10.4. The molecule has 0 rings (SSSR count). The summed E-state index contributed by atoms with van der Waals surface area (Å²) >= 11 is 0. The Labute approximate surface area is 56.7 Å². The Morgan fingerprint density at radius 2 is 2.33 bits per heavy atom. The summed E-state index contributed by atoms with van der Waals surface area (Å²) in [4.78, 5) is 4.02. The van der Waals surface area contributed by atoms with Gasteiger partial charge in [-0.2, -0.15) is 0 Å². The van der Waals surface area contributed by atoms with Crippen LogP contribution in [0.15, 0.2) is 16.8 Å². The number of aliphatic imine (C=N–C) groups is 1. The van der Waals surface area contributed by atoms with Gasteiger partial charge in [0.2, 0.25) is 0 Å². The average Bonchev–Trinajstić information content (AvgIpc) is 1.89. The van der Waals surface area contributed by atoms with Crippen LogP contribution in [0.5, 0.6) is 0 Å². The minimum absolute atomic E-state index is 0.855. The Bertz CT molecular complexity index is 114. The molecule has 52 valence electrons. The van der Waals surface area contributed by atoms with Crippen molar-refractivity contribution in [2.24, 2.45) is 4.99 Å². The number of hydrogen-bond donors (Lipinski definition) is 1. The highest BCUT2D eigenvalue weighted by Gasteiger charge is 1.74. The van der Waals surface area contributed by atoms with Crippen molar-refractivity contribution in [3.05, 3.63) is 11.8 Å². The summed E-state index contributed by atoms with van der Waals surface area (Å²) in [6, 6.07) is 0. The normalized spacial score (nSPS) is 12.6. The van der Waals surface area contributed by atoms with E-state index in [0.717, 1.165) is 12.2 Å². The van der Waals surface area contributed by atoms with Gasteiger partial charge in [0.25, 0.3) is 0 Å². The minimum Gasteiger partial charge on any atom is -0.392 e. The van der Waals surface area contributed by atoms with Crippen molar-refractivity contribution in [2.75, 3.05) is 13.6 Å². The molecule has 2 nitrogen and oxygen atoms in total. The molecule has 0 fully saturated rings. The highest BCUT2D eigenvalue weighted by molar-refractivity contribution is 5.71. The second kappa shape index (κ2) is 5.35. The maximum Gasteiger partial charge on any atom is 0.0360 e. The molecule has 1 N–H and O–H groups in total. The SMILES string of the molecule is CC/N=C\C=C(\C)NC. The van der Waals surface area contributed by atoms with E-state index in [2.05, 4.69) is 10.3 Å². The molecule has 0 aromatic heterocycles. The Morgan fingerprint density at radius 1 is 1.67 bits per heavy atom. The van der Waals surface area contributed by atoms with Gasteiger partial charge < -0.3 is 5.32 Å². The standard InChI is InChI=1S/C7H14N2/c1-4-9-6-5-7(2)8-3/h5-6,8H,4H2,1-3H3/b7-5-,9-6-. The zero-order valence-electron chi connectivity index (χ0n) is 6.31. The van der Waals surface area contributed by atoms with E-state index in [1.807, 2.05) is 33.2 Å². The third-order valence-corrected chi connectivity index (χ3v) is 1.01. The molecule has 0 aromatic rings. The second-order valence-electron chi connectivity index (χ2n) is 1.75. The third-order valence-electron chi connectivity index (χ3n) is 1.01. The molecule has 0 bridgehead atoms. The van der Waals surface area contributed by atoms with Gasteiger partial charge in [0.15, 0.2) is 0 Å².